The Bertz CT molecular complexity index is 787. The summed E-state index contributed by atoms with van der Waals surface area (Å²) in [6, 6.07) is 16.2. The SMILES string of the molecule is COc1ccc(OC)c(-c2csc(NCCc3ccccc3)n2)c1. The van der Waals surface area contributed by atoms with Crippen LogP contribution in [0.2, 0.25) is 0 Å². The third kappa shape index (κ3) is 3.86. The Morgan fingerprint density at radius 1 is 1.04 bits per heavy atom. The van der Waals surface area contributed by atoms with Crippen molar-refractivity contribution in [3.63, 3.8) is 0 Å². The highest BCUT2D eigenvalue weighted by atomic mass is 32.1. The van der Waals surface area contributed by atoms with Gasteiger partial charge >= 0.3 is 0 Å². The van der Waals surface area contributed by atoms with E-state index >= 15 is 0 Å². The first-order valence-corrected chi connectivity index (χ1v) is 8.64. The van der Waals surface area contributed by atoms with Crippen molar-refractivity contribution in [1.29, 1.82) is 0 Å². The zero-order chi connectivity index (χ0) is 16.8. The number of rotatable bonds is 7. The molecule has 2 aromatic carbocycles. The van der Waals surface area contributed by atoms with Crippen LogP contribution in [-0.2, 0) is 6.42 Å². The second kappa shape index (κ2) is 7.84. The second-order valence-corrected chi connectivity index (χ2v) is 6.12. The Balaban J connectivity index is 1.69. The average molecular weight is 340 g/mol. The Kier molecular flexibility index (Phi) is 5.33. The van der Waals surface area contributed by atoms with Gasteiger partial charge < -0.3 is 14.8 Å². The minimum atomic E-state index is 0.789. The standard InChI is InChI=1S/C19H20N2O2S/c1-22-15-8-9-18(23-2)16(12-15)17-13-24-19(21-17)20-11-10-14-6-4-3-5-7-14/h3-9,12-13H,10-11H2,1-2H3,(H,20,21). The molecule has 1 aromatic heterocycles. The van der Waals surface area contributed by atoms with Gasteiger partial charge in [0, 0.05) is 17.5 Å². The van der Waals surface area contributed by atoms with Crippen LogP contribution in [0.1, 0.15) is 5.56 Å². The van der Waals surface area contributed by atoms with Gasteiger partial charge in [-0.05, 0) is 30.2 Å². The molecule has 1 N–H and O–H groups in total. The number of ether oxygens (including phenoxy) is 2. The Morgan fingerprint density at radius 3 is 2.62 bits per heavy atom. The summed E-state index contributed by atoms with van der Waals surface area (Å²) in [6.45, 7) is 0.853. The van der Waals surface area contributed by atoms with Crippen molar-refractivity contribution in [2.75, 3.05) is 26.1 Å². The summed E-state index contributed by atoms with van der Waals surface area (Å²) in [5.74, 6) is 1.58. The van der Waals surface area contributed by atoms with Gasteiger partial charge in [0.15, 0.2) is 5.13 Å². The molecule has 0 atom stereocenters. The van der Waals surface area contributed by atoms with Crippen LogP contribution in [0, 0.1) is 0 Å². The van der Waals surface area contributed by atoms with Crippen molar-refractivity contribution in [1.82, 2.24) is 4.98 Å². The van der Waals surface area contributed by atoms with E-state index in [1.165, 1.54) is 5.56 Å². The highest BCUT2D eigenvalue weighted by Crippen LogP contribution is 2.34. The van der Waals surface area contributed by atoms with E-state index in [2.05, 4.69) is 34.6 Å². The van der Waals surface area contributed by atoms with E-state index in [0.29, 0.717) is 0 Å². The molecular weight excluding hydrogens is 320 g/mol. The fourth-order valence-electron chi connectivity index (χ4n) is 2.45. The van der Waals surface area contributed by atoms with Crippen LogP contribution in [-0.4, -0.2) is 25.7 Å². The summed E-state index contributed by atoms with van der Waals surface area (Å²) in [5, 5.41) is 6.32. The molecule has 0 aliphatic heterocycles. The summed E-state index contributed by atoms with van der Waals surface area (Å²) in [7, 11) is 3.32. The summed E-state index contributed by atoms with van der Waals surface area (Å²) >= 11 is 1.59. The van der Waals surface area contributed by atoms with Crippen LogP contribution < -0.4 is 14.8 Å². The molecule has 0 amide bonds. The molecule has 0 saturated carbocycles. The molecule has 0 fully saturated rings. The number of nitrogens with zero attached hydrogens (tertiary/aromatic N) is 1. The van der Waals surface area contributed by atoms with Crippen molar-refractivity contribution in [3.05, 3.63) is 59.5 Å². The topological polar surface area (TPSA) is 43.4 Å². The van der Waals surface area contributed by atoms with E-state index in [1.54, 1.807) is 25.6 Å². The molecule has 0 radical (unpaired) electrons. The minimum absolute atomic E-state index is 0.789. The molecule has 0 aliphatic rings. The molecule has 124 valence electrons. The first-order valence-electron chi connectivity index (χ1n) is 7.76. The normalized spacial score (nSPS) is 10.4. The van der Waals surface area contributed by atoms with E-state index in [1.807, 2.05) is 29.6 Å². The maximum atomic E-state index is 5.44. The van der Waals surface area contributed by atoms with Gasteiger partial charge in [0.1, 0.15) is 11.5 Å². The lowest BCUT2D eigenvalue weighted by Gasteiger charge is -2.08. The monoisotopic (exact) mass is 340 g/mol. The van der Waals surface area contributed by atoms with Crippen LogP contribution in [0.25, 0.3) is 11.3 Å². The summed E-state index contributed by atoms with van der Waals surface area (Å²) in [6.07, 6.45) is 0.970. The number of benzene rings is 2. The molecule has 0 bridgehead atoms. The number of hydrogen-bond donors (Lipinski definition) is 1. The molecule has 3 aromatic rings. The third-order valence-electron chi connectivity index (χ3n) is 3.72. The zero-order valence-corrected chi connectivity index (χ0v) is 14.6. The minimum Gasteiger partial charge on any atom is -0.497 e. The Hall–Kier alpha value is -2.53. The first-order chi connectivity index (χ1) is 11.8. The van der Waals surface area contributed by atoms with E-state index in [-0.39, 0.29) is 0 Å². The van der Waals surface area contributed by atoms with E-state index in [4.69, 9.17) is 9.47 Å². The van der Waals surface area contributed by atoms with Crippen molar-refractivity contribution in [2.45, 2.75) is 6.42 Å². The van der Waals surface area contributed by atoms with Crippen molar-refractivity contribution >= 4 is 16.5 Å². The molecule has 1 heterocycles. The van der Waals surface area contributed by atoms with Crippen LogP contribution in [0.5, 0.6) is 11.5 Å². The fourth-order valence-corrected chi connectivity index (χ4v) is 3.19. The summed E-state index contributed by atoms with van der Waals surface area (Å²) in [5.41, 5.74) is 3.14. The van der Waals surface area contributed by atoms with E-state index < -0.39 is 0 Å². The molecule has 0 aliphatic carbocycles. The predicted octanol–water partition coefficient (Wildman–Crippen LogP) is 4.48. The van der Waals surface area contributed by atoms with Gasteiger partial charge in [0.25, 0.3) is 0 Å². The molecule has 24 heavy (non-hydrogen) atoms. The van der Waals surface area contributed by atoms with Crippen molar-refractivity contribution in [3.8, 4) is 22.8 Å². The quantitative estimate of drug-likeness (QED) is 0.688. The van der Waals surface area contributed by atoms with Crippen molar-refractivity contribution < 1.29 is 9.47 Å². The van der Waals surface area contributed by atoms with Gasteiger partial charge in [-0.1, -0.05) is 30.3 Å². The van der Waals surface area contributed by atoms with Gasteiger partial charge in [-0.15, -0.1) is 11.3 Å². The highest BCUT2D eigenvalue weighted by Gasteiger charge is 2.11. The zero-order valence-electron chi connectivity index (χ0n) is 13.8. The maximum absolute atomic E-state index is 5.44. The number of hydrogen-bond acceptors (Lipinski definition) is 5. The number of anilines is 1. The van der Waals surface area contributed by atoms with Gasteiger partial charge in [-0.25, -0.2) is 4.98 Å². The lowest BCUT2D eigenvalue weighted by molar-refractivity contribution is 0.404. The Morgan fingerprint density at radius 2 is 1.88 bits per heavy atom. The largest absolute Gasteiger partial charge is 0.497 e. The smallest absolute Gasteiger partial charge is 0.183 e. The number of nitrogens with one attached hydrogen (secondary N) is 1. The van der Waals surface area contributed by atoms with Crippen LogP contribution in [0.15, 0.2) is 53.9 Å². The Labute approximate surface area is 146 Å². The molecule has 5 heteroatoms. The maximum Gasteiger partial charge on any atom is 0.183 e. The lowest BCUT2D eigenvalue weighted by Crippen LogP contribution is -2.04. The first kappa shape index (κ1) is 16.3. The van der Waals surface area contributed by atoms with Crippen LogP contribution >= 0.6 is 11.3 Å². The summed E-state index contributed by atoms with van der Waals surface area (Å²) < 4.78 is 10.7. The van der Waals surface area contributed by atoms with Gasteiger partial charge in [0.05, 0.1) is 19.9 Å². The number of aromatic nitrogens is 1. The van der Waals surface area contributed by atoms with Gasteiger partial charge in [-0.3, -0.25) is 0 Å². The van der Waals surface area contributed by atoms with E-state index in [0.717, 1.165) is 40.9 Å². The molecule has 0 saturated heterocycles. The highest BCUT2D eigenvalue weighted by molar-refractivity contribution is 7.14. The predicted molar refractivity (Wildman–Crippen MR) is 99.3 cm³/mol. The number of thiazole rings is 1. The van der Waals surface area contributed by atoms with Crippen LogP contribution in [0.4, 0.5) is 5.13 Å². The third-order valence-corrected chi connectivity index (χ3v) is 4.52. The molecule has 0 spiro atoms. The van der Waals surface area contributed by atoms with Gasteiger partial charge in [0.2, 0.25) is 0 Å². The molecule has 0 unspecified atom stereocenters. The molecule has 4 nitrogen and oxygen atoms in total. The summed E-state index contributed by atoms with van der Waals surface area (Å²) in [4.78, 5) is 4.67. The average Bonchev–Trinajstić information content (AvgIpc) is 3.11. The lowest BCUT2D eigenvalue weighted by atomic mass is 10.1. The molecular formula is C19H20N2O2S. The van der Waals surface area contributed by atoms with Crippen molar-refractivity contribution in [2.24, 2.45) is 0 Å². The molecule has 3 rings (SSSR count). The number of methoxy groups -OCH3 is 2. The van der Waals surface area contributed by atoms with E-state index in [9.17, 15) is 0 Å². The van der Waals surface area contributed by atoms with Crippen LogP contribution in [0.3, 0.4) is 0 Å². The van der Waals surface area contributed by atoms with Gasteiger partial charge in [-0.2, -0.15) is 0 Å². The second-order valence-electron chi connectivity index (χ2n) is 5.27. The fraction of sp³-hybridized carbons (Fsp3) is 0.211.